The van der Waals surface area contributed by atoms with E-state index in [1.54, 1.807) is 43.5 Å². The number of rotatable bonds is 4. The number of hydrogen-bond acceptors (Lipinski definition) is 5. The van der Waals surface area contributed by atoms with Crippen molar-refractivity contribution in [1.29, 1.82) is 0 Å². The minimum atomic E-state index is -0.623. The van der Waals surface area contributed by atoms with Crippen LogP contribution in [-0.2, 0) is 9.59 Å². The minimum absolute atomic E-state index is 0.0441. The molecule has 4 atom stereocenters. The number of imide groups is 1. The number of amides is 2. The molecule has 0 aromatic heterocycles. The van der Waals surface area contributed by atoms with Crippen molar-refractivity contribution in [2.24, 2.45) is 11.8 Å². The third-order valence-electron chi connectivity index (χ3n) is 6.51. The van der Waals surface area contributed by atoms with E-state index in [1.165, 1.54) is 4.90 Å². The van der Waals surface area contributed by atoms with Crippen LogP contribution in [0.5, 0.6) is 5.75 Å². The fourth-order valence-electron chi connectivity index (χ4n) is 5.27. The number of hydrogen-bond donors (Lipinski definition) is 0. The lowest BCUT2D eigenvalue weighted by Crippen LogP contribution is -2.46. The molecular formula is C23H22N2O4. The number of benzene rings is 2. The van der Waals surface area contributed by atoms with E-state index in [0.717, 1.165) is 19.4 Å². The molecule has 0 N–H and O–H groups in total. The van der Waals surface area contributed by atoms with Crippen molar-refractivity contribution in [1.82, 2.24) is 4.90 Å². The number of ether oxygens (including phenoxy) is 1. The van der Waals surface area contributed by atoms with Gasteiger partial charge in [0.05, 0.1) is 30.7 Å². The molecule has 29 heavy (non-hydrogen) atoms. The second-order valence-electron chi connectivity index (χ2n) is 7.88. The molecule has 3 aliphatic heterocycles. The topological polar surface area (TPSA) is 66.9 Å². The first kappa shape index (κ1) is 18.1. The number of nitrogens with zero attached hydrogens (tertiary/aromatic N) is 2. The Morgan fingerprint density at radius 2 is 1.66 bits per heavy atom. The van der Waals surface area contributed by atoms with Crippen LogP contribution in [0.4, 0.5) is 5.69 Å². The molecule has 0 unspecified atom stereocenters. The fourth-order valence-corrected chi connectivity index (χ4v) is 5.27. The number of carbonyl (C=O) groups excluding carboxylic acids is 3. The standard InChI is InChI=1S/C23H22N2O4/c1-29-16-11-9-15(10-12-16)25-22(27)18-17-8-5-13-24(17)20(19(18)23(25)28)21(26)14-6-3-2-4-7-14/h2-4,6-7,9-12,17-20H,5,8,13H2,1H3/t17-,18-,19-,20+/m1/s1. The maximum atomic E-state index is 13.4. The predicted molar refractivity (Wildman–Crippen MR) is 107 cm³/mol. The molecule has 5 rings (SSSR count). The van der Waals surface area contributed by atoms with Crippen molar-refractivity contribution >= 4 is 23.3 Å². The van der Waals surface area contributed by atoms with Gasteiger partial charge in [-0.25, -0.2) is 4.90 Å². The van der Waals surface area contributed by atoms with Gasteiger partial charge in [-0.15, -0.1) is 0 Å². The highest BCUT2D eigenvalue weighted by Gasteiger charge is 2.64. The first-order valence-electron chi connectivity index (χ1n) is 9.98. The molecule has 3 fully saturated rings. The highest BCUT2D eigenvalue weighted by Crippen LogP contribution is 2.48. The van der Waals surface area contributed by atoms with Crippen molar-refractivity contribution < 1.29 is 19.1 Å². The fraction of sp³-hybridized carbons (Fsp3) is 0.348. The molecule has 6 heteroatoms. The van der Waals surface area contributed by atoms with Crippen LogP contribution in [0.1, 0.15) is 23.2 Å². The summed E-state index contributed by atoms with van der Waals surface area (Å²) < 4.78 is 5.17. The Kier molecular flexibility index (Phi) is 4.24. The van der Waals surface area contributed by atoms with Crippen LogP contribution < -0.4 is 9.64 Å². The van der Waals surface area contributed by atoms with E-state index in [4.69, 9.17) is 4.74 Å². The molecule has 0 saturated carbocycles. The van der Waals surface area contributed by atoms with Crippen LogP contribution >= 0.6 is 0 Å². The van der Waals surface area contributed by atoms with Gasteiger partial charge in [0.15, 0.2) is 5.78 Å². The Labute approximate surface area is 169 Å². The summed E-state index contributed by atoms with van der Waals surface area (Å²) in [7, 11) is 1.57. The van der Waals surface area contributed by atoms with E-state index >= 15 is 0 Å². The molecular weight excluding hydrogens is 368 g/mol. The zero-order valence-electron chi connectivity index (χ0n) is 16.2. The summed E-state index contributed by atoms with van der Waals surface area (Å²) in [6.45, 7) is 0.754. The van der Waals surface area contributed by atoms with Gasteiger partial charge in [0, 0.05) is 11.6 Å². The summed E-state index contributed by atoms with van der Waals surface area (Å²) in [6.07, 6.45) is 1.78. The quantitative estimate of drug-likeness (QED) is 0.593. The van der Waals surface area contributed by atoms with Crippen LogP contribution in [0.2, 0.25) is 0 Å². The van der Waals surface area contributed by atoms with E-state index in [-0.39, 0.29) is 23.6 Å². The number of anilines is 1. The molecule has 0 radical (unpaired) electrons. The second kappa shape index (κ2) is 6.81. The van der Waals surface area contributed by atoms with E-state index < -0.39 is 17.9 Å². The molecule has 2 aromatic rings. The van der Waals surface area contributed by atoms with Crippen molar-refractivity contribution in [3.8, 4) is 5.75 Å². The van der Waals surface area contributed by atoms with Gasteiger partial charge in [0.2, 0.25) is 11.8 Å². The van der Waals surface area contributed by atoms with Gasteiger partial charge in [-0.05, 0) is 43.7 Å². The molecule has 0 aliphatic carbocycles. The molecule has 6 nitrogen and oxygen atoms in total. The van der Waals surface area contributed by atoms with Gasteiger partial charge in [0.1, 0.15) is 5.75 Å². The highest BCUT2D eigenvalue weighted by atomic mass is 16.5. The zero-order chi connectivity index (χ0) is 20.1. The number of Topliss-reactive ketones (excluding diaryl/α,β-unsaturated/α-hetero) is 1. The lowest BCUT2D eigenvalue weighted by atomic mass is 9.85. The number of carbonyl (C=O) groups is 3. The van der Waals surface area contributed by atoms with Crippen LogP contribution in [-0.4, -0.2) is 48.2 Å². The SMILES string of the molecule is COc1ccc(N2C(=O)[C@@H]3[C@H](C2=O)[C@H]2CCCN2[C@@H]3C(=O)c2ccccc2)cc1. The van der Waals surface area contributed by atoms with Crippen molar-refractivity contribution in [2.45, 2.75) is 24.9 Å². The second-order valence-corrected chi connectivity index (χ2v) is 7.88. The molecule has 3 aliphatic rings. The number of fused-ring (bicyclic) bond motifs is 3. The monoisotopic (exact) mass is 390 g/mol. The zero-order valence-corrected chi connectivity index (χ0v) is 16.2. The summed E-state index contributed by atoms with van der Waals surface area (Å²) in [4.78, 5) is 43.5. The molecule has 3 saturated heterocycles. The first-order valence-corrected chi connectivity index (χ1v) is 9.98. The van der Waals surface area contributed by atoms with Crippen LogP contribution in [0.3, 0.4) is 0 Å². The Balaban J connectivity index is 1.53. The van der Waals surface area contributed by atoms with E-state index in [1.807, 2.05) is 18.2 Å². The maximum Gasteiger partial charge on any atom is 0.239 e. The lowest BCUT2D eigenvalue weighted by molar-refractivity contribution is -0.123. The molecule has 0 bridgehead atoms. The average Bonchev–Trinajstić information content (AvgIpc) is 3.40. The molecule has 2 amide bonds. The summed E-state index contributed by atoms with van der Waals surface area (Å²) in [6, 6.07) is 15.4. The minimum Gasteiger partial charge on any atom is -0.497 e. The van der Waals surface area contributed by atoms with Gasteiger partial charge in [-0.2, -0.15) is 0 Å². The maximum absolute atomic E-state index is 13.4. The smallest absolute Gasteiger partial charge is 0.239 e. The Morgan fingerprint density at radius 1 is 0.966 bits per heavy atom. The van der Waals surface area contributed by atoms with E-state index in [9.17, 15) is 14.4 Å². The van der Waals surface area contributed by atoms with Gasteiger partial charge in [-0.3, -0.25) is 19.3 Å². The number of methoxy groups -OCH3 is 1. The summed E-state index contributed by atoms with van der Waals surface area (Å²) in [5.41, 5.74) is 1.12. The first-order chi connectivity index (χ1) is 14.1. The van der Waals surface area contributed by atoms with Crippen molar-refractivity contribution in [3.05, 3.63) is 60.2 Å². The number of ketones is 1. The van der Waals surface area contributed by atoms with Gasteiger partial charge < -0.3 is 4.74 Å². The van der Waals surface area contributed by atoms with E-state index in [2.05, 4.69) is 4.90 Å². The molecule has 0 spiro atoms. The molecule has 3 heterocycles. The van der Waals surface area contributed by atoms with Crippen LogP contribution in [0.25, 0.3) is 0 Å². The molecule has 2 aromatic carbocycles. The summed E-state index contributed by atoms with van der Waals surface area (Å²) in [5.74, 6) is -0.943. The van der Waals surface area contributed by atoms with Crippen LogP contribution in [0, 0.1) is 11.8 Å². The Bertz CT molecular complexity index is 972. The Morgan fingerprint density at radius 3 is 2.34 bits per heavy atom. The van der Waals surface area contributed by atoms with Crippen molar-refractivity contribution in [3.63, 3.8) is 0 Å². The van der Waals surface area contributed by atoms with Gasteiger partial charge in [0.25, 0.3) is 0 Å². The largest absolute Gasteiger partial charge is 0.497 e. The van der Waals surface area contributed by atoms with Gasteiger partial charge >= 0.3 is 0 Å². The van der Waals surface area contributed by atoms with Gasteiger partial charge in [-0.1, -0.05) is 30.3 Å². The predicted octanol–water partition coefficient (Wildman–Crippen LogP) is 2.53. The molecule has 148 valence electrons. The lowest BCUT2D eigenvalue weighted by Gasteiger charge is -2.27. The third kappa shape index (κ3) is 2.63. The van der Waals surface area contributed by atoms with E-state index in [0.29, 0.717) is 17.0 Å². The Hall–Kier alpha value is -2.99. The van der Waals surface area contributed by atoms with Crippen molar-refractivity contribution in [2.75, 3.05) is 18.6 Å². The third-order valence-corrected chi connectivity index (χ3v) is 6.51. The average molecular weight is 390 g/mol. The summed E-state index contributed by atoms with van der Waals surface area (Å²) >= 11 is 0. The summed E-state index contributed by atoms with van der Waals surface area (Å²) in [5, 5.41) is 0. The van der Waals surface area contributed by atoms with Crippen LogP contribution in [0.15, 0.2) is 54.6 Å². The normalized spacial score (nSPS) is 28.5. The highest BCUT2D eigenvalue weighted by molar-refractivity contribution is 6.24.